The summed E-state index contributed by atoms with van der Waals surface area (Å²) in [6.45, 7) is 0.573. The fourth-order valence-corrected chi connectivity index (χ4v) is 3.91. The van der Waals surface area contributed by atoms with Crippen molar-refractivity contribution >= 4 is 17.5 Å². The van der Waals surface area contributed by atoms with Gasteiger partial charge in [0, 0.05) is 30.2 Å². The van der Waals surface area contributed by atoms with Crippen molar-refractivity contribution in [3.8, 4) is 16.9 Å². The number of likely N-dealkylation sites (tertiary alicyclic amines) is 1. The number of ether oxygens (including phenoxy) is 1. The number of piperidine rings is 1. The minimum atomic E-state index is -0.491. The molecule has 1 aliphatic heterocycles. The molecule has 3 aromatic rings. The lowest BCUT2D eigenvalue weighted by molar-refractivity contribution is -0.121. The average Bonchev–Trinajstić information content (AvgIpc) is 2.84. The Bertz CT molecular complexity index is 1070. The fraction of sp³-hybridized carbons (Fsp3) is 0.240. The van der Waals surface area contributed by atoms with E-state index in [2.05, 4.69) is 10.3 Å². The number of rotatable bonds is 5. The second-order valence-corrected chi connectivity index (χ2v) is 7.55. The molecule has 0 bridgehead atoms. The number of hydrogen-bond acceptors (Lipinski definition) is 4. The molecule has 6 heteroatoms. The van der Waals surface area contributed by atoms with Gasteiger partial charge in [-0.1, -0.05) is 24.3 Å². The molecule has 4 rings (SSSR count). The summed E-state index contributed by atoms with van der Waals surface area (Å²) in [6, 6.07) is 18.4. The van der Waals surface area contributed by atoms with Gasteiger partial charge in [-0.2, -0.15) is 0 Å². The molecule has 0 saturated carbocycles. The van der Waals surface area contributed by atoms with Crippen molar-refractivity contribution in [2.75, 3.05) is 19.0 Å². The molecule has 1 aromatic heterocycles. The van der Waals surface area contributed by atoms with Crippen LogP contribution in [0.4, 0.5) is 5.69 Å². The Hall–Kier alpha value is -3.67. The fourth-order valence-electron chi connectivity index (χ4n) is 3.91. The van der Waals surface area contributed by atoms with Crippen molar-refractivity contribution in [2.24, 2.45) is 0 Å². The van der Waals surface area contributed by atoms with Crippen LogP contribution in [0.2, 0.25) is 0 Å². The molecule has 158 valence electrons. The molecule has 1 aliphatic rings. The lowest BCUT2D eigenvalue weighted by atomic mass is 9.99. The predicted octanol–water partition coefficient (Wildman–Crippen LogP) is 4.39. The van der Waals surface area contributed by atoms with Crippen LogP contribution in [-0.4, -0.2) is 41.4 Å². The average molecular weight is 415 g/mol. The summed E-state index contributed by atoms with van der Waals surface area (Å²) in [5.41, 5.74) is 3.23. The van der Waals surface area contributed by atoms with Gasteiger partial charge in [-0.3, -0.25) is 14.6 Å². The SMILES string of the molecule is COc1cccc(-c2cccc(NC(=O)[C@H]3CCCCN3C(=O)c3ccncc3)c2)c1. The van der Waals surface area contributed by atoms with Crippen molar-refractivity contribution in [2.45, 2.75) is 25.3 Å². The zero-order valence-corrected chi connectivity index (χ0v) is 17.5. The predicted molar refractivity (Wildman–Crippen MR) is 120 cm³/mol. The van der Waals surface area contributed by atoms with E-state index in [0.29, 0.717) is 24.2 Å². The van der Waals surface area contributed by atoms with Gasteiger partial charge >= 0.3 is 0 Å². The number of benzene rings is 2. The van der Waals surface area contributed by atoms with Gasteiger partial charge in [0.2, 0.25) is 5.91 Å². The Morgan fingerprint density at radius 1 is 1.00 bits per heavy atom. The monoisotopic (exact) mass is 415 g/mol. The maximum atomic E-state index is 13.1. The lowest BCUT2D eigenvalue weighted by Gasteiger charge is -2.34. The van der Waals surface area contributed by atoms with E-state index in [9.17, 15) is 9.59 Å². The molecule has 0 aliphatic carbocycles. The quantitative estimate of drug-likeness (QED) is 0.671. The third kappa shape index (κ3) is 4.74. The molecule has 0 unspecified atom stereocenters. The van der Waals surface area contributed by atoms with E-state index in [4.69, 9.17) is 4.74 Å². The second kappa shape index (κ2) is 9.43. The van der Waals surface area contributed by atoms with E-state index in [1.54, 1.807) is 36.5 Å². The van der Waals surface area contributed by atoms with Crippen molar-refractivity contribution < 1.29 is 14.3 Å². The van der Waals surface area contributed by atoms with Crippen molar-refractivity contribution in [1.82, 2.24) is 9.88 Å². The number of hydrogen-bond donors (Lipinski definition) is 1. The topological polar surface area (TPSA) is 71.5 Å². The zero-order valence-electron chi connectivity index (χ0n) is 17.5. The highest BCUT2D eigenvalue weighted by Gasteiger charge is 2.32. The van der Waals surface area contributed by atoms with Crippen LogP contribution in [0.1, 0.15) is 29.6 Å². The van der Waals surface area contributed by atoms with Crippen LogP contribution in [0.15, 0.2) is 73.1 Å². The number of nitrogens with one attached hydrogen (secondary N) is 1. The van der Waals surface area contributed by atoms with Crippen molar-refractivity contribution in [1.29, 1.82) is 0 Å². The summed E-state index contributed by atoms with van der Waals surface area (Å²) < 4.78 is 5.31. The normalized spacial score (nSPS) is 15.9. The summed E-state index contributed by atoms with van der Waals surface area (Å²) in [5, 5.41) is 3.01. The van der Waals surface area contributed by atoms with E-state index >= 15 is 0 Å². The third-order valence-electron chi connectivity index (χ3n) is 5.53. The Morgan fingerprint density at radius 3 is 2.52 bits per heavy atom. The van der Waals surface area contributed by atoms with E-state index < -0.39 is 6.04 Å². The zero-order chi connectivity index (χ0) is 21.6. The summed E-state index contributed by atoms with van der Waals surface area (Å²) in [6.07, 6.45) is 5.65. The van der Waals surface area contributed by atoms with Gasteiger partial charge in [-0.05, 0) is 66.8 Å². The standard InChI is InChI=1S/C25H25N3O3/c1-31-22-9-5-7-20(17-22)19-6-4-8-21(16-19)27-24(29)23-10-2-3-15-28(23)25(30)18-11-13-26-14-12-18/h4-9,11-14,16-17,23H,2-3,10,15H2,1H3,(H,27,29)/t23-/m1/s1. The molecule has 2 amide bonds. The highest BCUT2D eigenvalue weighted by molar-refractivity contribution is 6.01. The van der Waals surface area contributed by atoms with E-state index in [1.165, 1.54) is 0 Å². The minimum absolute atomic E-state index is 0.132. The Labute approximate surface area is 181 Å². The van der Waals surface area contributed by atoms with Gasteiger partial charge in [0.1, 0.15) is 11.8 Å². The molecule has 2 heterocycles. The highest BCUT2D eigenvalue weighted by Crippen LogP contribution is 2.27. The first-order chi connectivity index (χ1) is 15.2. The van der Waals surface area contributed by atoms with Gasteiger partial charge in [0.05, 0.1) is 7.11 Å². The Balaban J connectivity index is 1.52. The maximum absolute atomic E-state index is 13.1. The molecule has 1 N–H and O–H groups in total. The van der Waals surface area contributed by atoms with Gasteiger partial charge in [-0.25, -0.2) is 0 Å². The van der Waals surface area contributed by atoms with Crippen LogP contribution in [0.3, 0.4) is 0 Å². The first-order valence-corrected chi connectivity index (χ1v) is 10.4. The maximum Gasteiger partial charge on any atom is 0.254 e. The lowest BCUT2D eigenvalue weighted by Crippen LogP contribution is -2.50. The summed E-state index contributed by atoms with van der Waals surface area (Å²) in [5.74, 6) is 0.483. The van der Waals surface area contributed by atoms with Crippen LogP contribution >= 0.6 is 0 Å². The first kappa shape index (κ1) is 20.6. The van der Waals surface area contributed by atoms with Crippen molar-refractivity contribution in [3.05, 3.63) is 78.6 Å². The van der Waals surface area contributed by atoms with Crippen LogP contribution < -0.4 is 10.1 Å². The Morgan fingerprint density at radius 2 is 1.74 bits per heavy atom. The molecule has 1 atom stereocenters. The first-order valence-electron chi connectivity index (χ1n) is 10.4. The molecule has 0 spiro atoms. The summed E-state index contributed by atoms with van der Waals surface area (Å²) in [7, 11) is 1.64. The van der Waals surface area contributed by atoms with E-state index in [0.717, 1.165) is 29.7 Å². The number of carbonyl (C=O) groups is 2. The molecule has 31 heavy (non-hydrogen) atoms. The number of amides is 2. The smallest absolute Gasteiger partial charge is 0.254 e. The van der Waals surface area contributed by atoms with Crippen molar-refractivity contribution in [3.63, 3.8) is 0 Å². The number of aromatic nitrogens is 1. The number of methoxy groups -OCH3 is 1. The molecule has 6 nitrogen and oxygen atoms in total. The molecule has 1 saturated heterocycles. The van der Waals surface area contributed by atoms with Crippen LogP contribution in [0, 0.1) is 0 Å². The number of anilines is 1. The highest BCUT2D eigenvalue weighted by atomic mass is 16.5. The van der Waals surface area contributed by atoms with E-state index in [1.807, 2.05) is 48.5 Å². The van der Waals surface area contributed by atoms with Crippen LogP contribution in [0.25, 0.3) is 11.1 Å². The van der Waals surface area contributed by atoms with Gasteiger partial charge in [-0.15, -0.1) is 0 Å². The van der Waals surface area contributed by atoms with Crippen LogP contribution in [0.5, 0.6) is 5.75 Å². The van der Waals surface area contributed by atoms with Crippen LogP contribution in [-0.2, 0) is 4.79 Å². The largest absolute Gasteiger partial charge is 0.497 e. The minimum Gasteiger partial charge on any atom is -0.497 e. The summed E-state index contributed by atoms with van der Waals surface area (Å²) >= 11 is 0. The molecule has 2 aromatic carbocycles. The third-order valence-corrected chi connectivity index (χ3v) is 5.53. The molecule has 0 radical (unpaired) electrons. The molecular formula is C25H25N3O3. The van der Waals surface area contributed by atoms with Gasteiger partial charge < -0.3 is 15.0 Å². The number of nitrogens with zero attached hydrogens (tertiary/aromatic N) is 2. The molecular weight excluding hydrogens is 390 g/mol. The Kier molecular flexibility index (Phi) is 6.26. The van der Waals surface area contributed by atoms with Gasteiger partial charge in [0.15, 0.2) is 0 Å². The number of carbonyl (C=O) groups excluding carboxylic acids is 2. The van der Waals surface area contributed by atoms with E-state index in [-0.39, 0.29) is 11.8 Å². The number of pyridine rings is 1. The van der Waals surface area contributed by atoms with Gasteiger partial charge in [0.25, 0.3) is 5.91 Å². The summed E-state index contributed by atoms with van der Waals surface area (Å²) in [4.78, 5) is 31.7. The second-order valence-electron chi connectivity index (χ2n) is 7.55. The molecule has 1 fully saturated rings.